The van der Waals surface area contributed by atoms with Crippen LogP contribution in [0.15, 0.2) is 18.2 Å². The second-order valence-corrected chi connectivity index (χ2v) is 12.1. The lowest BCUT2D eigenvalue weighted by Gasteiger charge is -2.27. The predicted molar refractivity (Wildman–Crippen MR) is 164 cm³/mol. The molecule has 5 N–H and O–H groups in total. The SMILES string of the molecule is CC(C)C[C@H](NC(=O)[C@@H](NC(=O)OCC1CCOC1)C(C)C)C(=O)N[C@@H](CS)C(=O)NCCc1ccc(C(=O)O)cc1Cl. The van der Waals surface area contributed by atoms with Gasteiger partial charge >= 0.3 is 12.1 Å². The summed E-state index contributed by atoms with van der Waals surface area (Å²) in [5, 5.41) is 20.1. The average Bonchev–Trinajstić information content (AvgIpc) is 3.47. The molecule has 1 aliphatic heterocycles. The van der Waals surface area contributed by atoms with Gasteiger partial charge in [0.1, 0.15) is 18.1 Å². The summed E-state index contributed by atoms with van der Waals surface area (Å²) in [6.45, 7) is 8.84. The van der Waals surface area contributed by atoms with Crippen LogP contribution in [0.2, 0.25) is 5.02 Å². The summed E-state index contributed by atoms with van der Waals surface area (Å²) in [5.74, 6) is -2.82. The van der Waals surface area contributed by atoms with Crippen LogP contribution in [0.5, 0.6) is 0 Å². The van der Waals surface area contributed by atoms with Crippen LogP contribution in [0.25, 0.3) is 0 Å². The van der Waals surface area contributed by atoms with Gasteiger partial charge in [0, 0.05) is 29.8 Å². The molecule has 0 spiro atoms. The first kappa shape index (κ1) is 36.2. The number of rotatable bonds is 16. The lowest BCUT2D eigenvalue weighted by molar-refractivity contribution is -0.133. The molecule has 14 heteroatoms. The van der Waals surface area contributed by atoms with Crippen LogP contribution >= 0.6 is 24.2 Å². The quantitative estimate of drug-likeness (QED) is 0.149. The van der Waals surface area contributed by atoms with Gasteiger partial charge in [0.25, 0.3) is 0 Å². The van der Waals surface area contributed by atoms with Crippen molar-refractivity contribution in [3.8, 4) is 0 Å². The predicted octanol–water partition coefficient (Wildman–Crippen LogP) is 2.43. The Morgan fingerprint density at radius 3 is 2.30 bits per heavy atom. The van der Waals surface area contributed by atoms with Gasteiger partial charge in [0.05, 0.1) is 18.8 Å². The number of ether oxygens (including phenoxy) is 2. The Morgan fingerprint density at radius 1 is 1.05 bits per heavy atom. The monoisotopic (exact) mass is 642 g/mol. The van der Waals surface area contributed by atoms with E-state index in [-0.39, 0.29) is 47.2 Å². The molecule has 1 aromatic carbocycles. The Kier molecular flexibility index (Phi) is 15.1. The van der Waals surface area contributed by atoms with Crippen molar-refractivity contribution in [1.82, 2.24) is 21.3 Å². The minimum Gasteiger partial charge on any atom is -0.478 e. The molecule has 12 nitrogen and oxygen atoms in total. The average molecular weight is 643 g/mol. The van der Waals surface area contributed by atoms with E-state index in [0.717, 1.165) is 6.42 Å². The maximum absolute atomic E-state index is 13.2. The van der Waals surface area contributed by atoms with Crippen LogP contribution in [0, 0.1) is 17.8 Å². The first-order valence-corrected chi connectivity index (χ1v) is 15.3. The molecule has 1 heterocycles. The molecule has 4 atom stereocenters. The number of carboxylic acids is 1. The van der Waals surface area contributed by atoms with Crippen LogP contribution in [-0.2, 0) is 30.3 Å². The van der Waals surface area contributed by atoms with Crippen LogP contribution in [0.3, 0.4) is 0 Å². The van der Waals surface area contributed by atoms with E-state index in [0.29, 0.717) is 31.6 Å². The van der Waals surface area contributed by atoms with Gasteiger partial charge in [-0.15, -0.1) is 0 Å². The zero-order valence-electron chi connectivity index (χ0n) is 25.0. The lowest BCUT2D eigenvalue weighted by atomic mass is 10.00. The minimum atomic E-state index is -1.09. The van der Waals surface area contributed by atoms with Gasteiger partial charge in [-0.3, -0.25) is 14.4 Å². The van der Waals surface area contributed by atoms with Crippen LogP contribution in [0.1, 0.15) is 56.5 Å². The molecule has 1 saturated heterocycles. The molecular weight excluding hydrogens is 600 g/mol. The van der Waals surface area contributed by atoms with Crippen LogP contribution in [0.4, 0.5) is 4.79 Å². The van der Waals surface area contributed by atoms with Crippen molar-refractivity contribution in [1.29, 1.82) is 0 Å². The van der Waals surface area contributed by atoms with Crippen molar-refractivity contribution in [2.24, 2.45) is 17.8 Å². The fourth-order valence-electron chi connectivity index (χ4n) is 4.37. The second-order valence-electron chi connectivity index (χ2n) is 11.3. The van der Waals surface area contributed by atoms with E-state index in [1.54, 1.807) is 19.9 Å². The summed E-state index contributed by atoms with van der Waals surface area (Å²) < 4.78 is 10.6. The molecule has 0 saturated carbocycles. The van der Waals surface area contributed by atoms with Gasteiger partial charge in [0.15, 0.2) is 0 Å². The summed E-state index contributed by atoms with van der Waals surface area (Å²) in [7, 11) is 0. The van der Waals surface area contributed by atoms with E-state index in [4.69, 9.17) is 26.2 Å². The van der Waals surface area contributed by atoms with Gasteiger partial charge in [-0.2, -0.15) is 12.6 Å². The molecule has 4 amide bonds. The molecular formula is C29H43ClN4O8S. The second kappa shape index (κ2) is 17.9. The number of amides is 4. The molecule has 0 aliphatic carbocycles. The lowest BCUT2D eigenvalue weighted by Crippen LogP contribution is -2.58. The van der Waals surface area contributed by atoms with E-state index in [9.17, 15) is 24.0 Å². The highest BCUT2D eigenvalue weighted by atomic mass is 35.5. The van der Waals surface area contributed by atoms with Crippen molar-refractivity contribution in [3.63, 3.8) is 0 Å². The summed E-state index contributed by atoms with van der Waals surface area (Å²) >= 11 is 10.4. The number of alkyl carbamates (subject to hydrolysis) is 1. The fraction of sp³-hybridized carbons (Fsp3) is 0.621. The highest BCUT2D eigenvalue weighted by Gasteiger charge is 2.31. The Balaban J connectivity index is 1.96. The van der Waals surface area contributed by atoms with Crippen molar-refractivity contribution < 1.29 is 38.6 Å². The zero-order valence-corrected chi connectivity index (χ0v) is 26.6. The third-order valence-electron chi connectivity index (χ3n) is 6.85. The summed E-state index contributed by atoms with van der Waals surface area (Å²) in [5.41, 5.74) is 0.715. The van der Waals surface area contributed by atoms with Crippen molar-refractivity contribution in [3.05, 3.63) is 34.3 Å². The number of halogens is 1. The van der Waals surface area contributed by atoms with E-state index in [1.807, 2.05) is 13.8 Å². The number of hydrogen-bond acceptors (Lipinski definition) is 8. The fourth-order valence-corrected chi connectivity index (χ4v) is 4.90. The Labute approximate surface area is 262 Å². The summed E-state index contributed by atoms with van der Waals surface area (Å²) in [6, 6.07) is 1.45. The van der Waals surface area contributed by atoms with E-state index in [1.165, 1.54) is 12.1 Å². The van der Waals surface area contributed by atoms with E-state index in [2.05, 4.69) is 33.9 Å². The van der Waals surface area contributed by atoms with E-state index >= 15 is 0 Å². The molecule has 1 unspecified atom stereocenters. The highest BCUT2D eigenvalue weighted by Crippen LogP contribution is 2.18. The van der Waals surface area contributed by atoms with E-state index < -0.39 is 47.9 Å². The van der Waals surface area contributed by atoms with Gasteiger partial charge in [-0.1, -0.05) is 45.4 Å². The molecule has 240 valence electrons. The normalized spacial score (nSPS) is 16.7. The maximum Gasteiger partial charge on any atom is 0.407 e. The standard InChI is InChI=1S/C29H43ClN4O8S/c1-16(2)11-22(32-27(37)24(17(3)4)34-29(40)42-14-18-8-10-41-13-18)26(36)33-23(15-43)25(35)31-9-7-19-5-6-20(28(38)39)12-21(19)30/h5-6,12,16-18,22-24,43H,7-11,13-15H2,1-4H3,(H,31,35)(H,32,37)(H,33,36)(H,34,40)(H,38,39)/t18?,22-,23-,24-/m0/s1. The van der Waals surface area contributed by atoms with Crippen LogP contribution < -0.4 is 21.3 Å². The number of carbonyl (C=O) groups is 5. The van der Waals surface area contributed by atoms with Crippen molar-refractivity contribution >= 4 is 54.0 Å². The maximum atomic E-state index is 13.2. The number of carbonyl (C=O) groups excluding carboxylic acids is 4. The summed E-state index contributed by atoms with van der Waals surface area (Å²) in [4.78, 5) is 62.8. The molecule has 0 bridgehead atoms. The third kappa shape index (κ3) is 12.2. The molecule has 1 aliphatic rings. The summed E-state index contributed by atoms with van der Waals surface area (Å²) in [6.07, 6.45) is 0.705. The first-order valence-electron chi connectivity index (χ1n) is 14.3. The molecule has 1 fully saturated rings. The molecule has 2 rings (SSSR count). The first-order chi connectivity index (χ1) is 20.3. The number of hydrogen-bond donors (Lipinski definition) is 6. The number of carboxylic acid groups (broad SMARTS) is 1. The molecule has 1 aromatic rings. The smallest absolute Gasteiger partial charge is 0.407 e. The Hall–Kier alpha value is -3.03. The third-order valence-corrected chi connectivity index (χ3v) is 7.56. The van der Waals surface area contributed by atoms with Crippen LogP contribution in [-0.4, -0.2) is 85.1 Å². The Bertz CT molecular complexity index is 1130. The zero-order chi connectivity index (χ0) is 32.1. The van der Waals surface area contributed by atoms with Crippen molar-refractivity contribution in [2.45, 2.75) is 65.1 Å². The number of thiol groups is 1. The van der Waals surface area contributed by atoms with Gasteiger partial charge in [0.2, 0.25) is 17.7 Å². The topological polar surface area (TPSA) is 172 Å². The highest BCUT2D eigenvalue weighted by molar-refractivity contribution is 7.80. The number of benzene rings is 1. The van der Waals surface area contributed by atoms with Gasteiger partial charge in [-0.25, -0.2) is 9.59 Å². The number of aromatic carboxylic acids is 1. The largest absolute Gasteiger partial charge is 0.478 e. The number of nitrogens with one attached hydrogen (secondary N) is 4. The van der Waals surface area contributed by atoms with Crippen molar-refractivity contribution in [2.75, 3.05) is 32.1 Å². The minimum absolute atomic E-state index is 0.00202. The molecule has 43 heavy (non-hydrogen) atoms. The molecule has 0 aromatic heterocycles. The van der Waals surface area contributed by atoms with Gasteiger partial charge in [-0.05, 0) is 48.8 Å². The van der Waals surface area contributed by atoms with Gasteiger partial charge < -0.3 is 35.8 Å². The molecule has 0 radical (unpaired) electrons. The Morgan fingerprint density at radius 2 is 1.74 bits per heavy atom.